The molecular formula is C39H39IrN2O2-7. The van der Waals surface area contributed by atoms with Crippen molar-refractivity contribution in [3.8, 4) is 22.5 Å². The van der Waals surface area contributed by atoms with Gasteiger partial charge in [0.15, 0.2) is 5.78 Å². The van der Waals surface area contributed by atoms with Crippen molar-refractivity contribution in [2.45, 2.75) is 13.8 Å². The third-order valence-electron chi connectivity index (χ3n) is 5.68. The van der Waals surface area contributed by atoms with Crippen molar-refractivity contribution in [2.75, 3.05) is 0 Å². The van der Waals surface area contributed by atoms with Crippen molar-refractivity contribution in [1.82, 2.24) is 9.97 Å². The van der Waals surface area contributed by atoms with Gasteiger partial charge in [0.2, 0.25) is 0 Å². The Bertz CT molecular complexity index is 1570. The third-order valence-corrected chi connectivity index (χ3v) is 5.68. The van der Waals surface area contributed by atoms with Crippen molar-refractivity contribution in [1.29, 1.82) is 0 Å². The molecule has 2 aromatic heterocycles. The molecule has 0 saturated heterocycles. The van der Waals surface area contributed by atoms with Crippen molar-refractivity contribution in [2.24, 2.45) is 0 Å². The molecule has 233 valence electrons. The van der Waals surface area contributed by atoms with Crippen molar-refractivity contribution >= 4 is 27.3 Å². The van der Waals surface area contributed by atoms with Gasteiger partial charge in [0.05, 0.1) is 0 Å². The van der Waals surface area contributed by atoms with Crippen molar-refractivity contribution in [3.05, 3.63) is 175 Å². The SMILES string of the molecule is CC(=O)/C=C(/C)[O-].[CH3-].[CH3-].[CH3-].[CH3-].[Ir].[c-]1ccccc1-c1nccc2ccccc12.[c-]1ccccc1-c1nccc2ccccc12. The largest absolute Gasteiger partial charge is 0.876 e. The quantitative estimate of drug-likeness (QED) is 0.103. The third kappa shape index (κ3) is 11.7. The molecule has 0 amide bonds. The van der Waals surface area contributed by atoms with E-state index in [0.717, 1.165) is 28.6 Å². The van der Waals surface area contributed by atoms with E-state index in [0.29, 0.717) is 0 Å². The normalized spacial score (nSPS) is 9.45. The smallest absolute Gasteiger partial charge is 0.151 e. The Hall–Kier alpha value is -4.44. The van der Waals surface area contributed by atoms with E-state index >= 15 is 0 Å². The second-order valence-corrected chi connectivity index (χ2v) is 8.68. The first kappa shape index (κ1) is 41.7. The fraction of sp³-hybridized carbons (Fsp3) is 0.0513. The van der Waals surface area contributed by atoms with Gasteiger partial charge in [-0.2, -0.15) is 0 Å². The number of aromatic nitrogens is 2. The van der Waals surface area contributed by atoms with Crippen LogP contribution in [0.5, 0.6) is 0 Å². The molecule has 0 aliphatic heterocycles. The summed E-state index contributed by atoms with van der Waals surface area (Å²) in [4.78, 5) is 18.9. The average molecular weight is 760 g/mol. The molecule has 0 aliphatic rings. The van der Waals surface area contributed by atoms with Gasteiger partial charge >= 0.3 is 0 Å². The summed E-state index contributed by atoms with van der Waals surface area (Å²) in [6.45, 7) is 2.70. The van der Waals surface area contributed by atoms with E-state index in [1.807, 2.05) is 97.3 Å². The van der Waals surface area contributed by atoms with Gasteiger partial charge in [-0.15, -0.1) is 77.5 Å². The summed E-state index contributed by atoms with van der Waals surface area (Å²) in [5, 5.41) is 14.8. The van der Waals surface area contributed by atoms with E-state index in [-0.39, 0.29) is 61.4 Å². The van der Waals surface area contributed by atoms with Gasteiger partial charge < -0.3 is 44.8 Å². The number of fused-ring (bicyclic) bond motifs is 2. The number of hydrogen-bond acceptors (Lipinski definition) is 4. The minimum atomic E-state index is -0.187. The van der Waals surface area contributed by atoms with Gasteiger partial charge in [0.25, 0.3) is 0 Å². The molecular weight excluding hydrogens is 721 g/mol. The number of carbonyl (C=O) groups excluding carboxylic acids is 1. The van der Waals surface area contributed by atoms with E-state index in [4.69, 9.17) is 0 Å². The summed E-state index contributed by atoms with van der Waals surface area (Å²) in [5.74, 6) is -0.375. The van der Waals surface area contributed by atoms with E-state index in [1.165, 1.54) is 35.4 Å². The molecule has 44 heavy (non-hydrogen) atoms. The molecule has 0 fully saturated rings. The molecule has 0 atom stereocenters. The molecule has 1 radical (unpaired) electrons. The number of nitrogens with zero attached hydrogens (tertiary/aromatic N) is 2. The van der Waals surface area contributed by atoms with Crippen LogP contribution in [0.2, 0.25) is 0 Å². The molecule has 4 nitrogen and oxygen atoms in total. The molecule has 0 aliphatic carbocycles. The first-order chi connectivity index (χ1) is 19.0. The Labute approximate surface area is 277 Å². The molecule has 6 aromatic rings. The Balaban J connectivity index is 0. The van der Waals surface area contributed by atoms with Crippen LogP contribution in [0.3, 0.4) is 0 Å². The fourth-order valence-corrected chi connectivity index (χ4v) is 4.04. The summed E-state index contributed by atoms with van der Waals surface area (Å²) >= 11 is 0. The maximum absolute atomic E-state index is 9.98. The Morgan fingerprint density at radius 3 is 1.32 bits per heavy atom. The summed E-state index contributed by atoms with van der Waals surface area (Å²) in [6, 6.07) is 42.9. The van der Waals surface area contributed by atoms with Crippen LogP contribution in [0.4, 0.5) is 0 Å². The zero-order valence-corrected chi connectivity index (χ0v) is 28.6. The van der Waals surface area contributed by atoms with Crippen LogP contribution in [-0.2, 0) is 24.9 Å². The monoisotopic (exact) mass is 760 g/mol. The average Bonchev–Trinajstić information content (AvgIpc) is 2.97. The Morgan fingerprint density at radius 1 is 0.614 bits per heavy atom. The van der Waals surface area contributed by atoms with Crippen molar-refractivity contribution < 1.29 is 30.0 Å². The predicted molar refractivity (Wildman–Crippen MR) is 182 cm³/mol. The summed E-state index contributed by atoms with van der Waals surface area (Å²) in [6.07, 6.45) is 4.75. The second-order valence-electron chi connectivity index (χ2n) is 8.68. The topological polar surface area (TPSA) is 65.9 Å². The number of pyridine rings is 2. The number of carbonyl (C=O) groups is 1. The molecule has 0 saturated carbocycles. The van der Waals surface area contributed by atoms with Gasteiger partial charge in [-0.25, -0.2) is 0 Å². The number of rotatable bonds is 3. The second kappa shape index (κ2) is 21.3. The van der Waals surface area contributed by atoms with Crippen LogP contribution in [0.1, 0.15) is 13.8 Å². The maximum Gasteiger partial charge on any atom is 0.151 e. The number of hydrogen-bond donors (Lipinski definition) is 0. The molecule has 0 N–H and O–H groups in total. The minimum Gasteiger partial charge on any atom is -0.876 e. The van der Waals surface area contributed by atoms with Gasteiger partial charge in [0, 0.05) is 32.5 Å². The molecule has 6 rings (SSSR count). The molecule has 2 heterocycles. The first-order valence-electron chi connectivity index (χ1n) is 12.5. The molecule has 4 aromatic carbocycles. The van der Waals surface area contributed by atoms with Gasteiger partial charge in [0.1, 0.15) is 0 Å². The Kier molecular flexibility index (Phi) is 20.2. The van der Waals surface area contributed by atoms with E-state index in [2.05, 4.69) is 46.4 Å². The van der Waals surface area contributed by atoms with Gasteiger partial charge in [-0.1, -0.05) is 55.5 Å². The zero-order valence-electron chi connectivity index (χ0n) is 26.2. The van der Waals surface area contributed by atoms with Gasteiger partial charge in [-0.05, 0) is 58.1 Å². The maximum atomic E-state index is 9.98. The minimum absolute atomic E-state index is 0. The number of allylic oxidation sites excluding steroid dienone is 2. The molecule has 0 spiro atoms. The van der Waals surface area contributed by atoms with Crippen LogP contribution < -0.4 is 5.11 Å². The zero-order chi connectivity index (χ0) is 27.5. The van der Waals surface area contributed by atoms with Gasteiger partial charge in [-0.3, -0.25) is 4.79 Å². The van der Waals surface area contributed by atoms with E-state index in [1.54, 1.807) is 0 Å². The standard InChI is InChI=1S/2C15H10N.C5H8O2.4CH3.Ir/c2*1-2-7-13(8-3-1)15-14-9-5-4-6-12(14)10-11-16-15;1-4(6)3-5(2)7;;;;;/h2*1-7,9-11H;3,6H,1-2H3;4*1H3;/q2*-1;;4*-1;/p-1/b;;4-3-;;;;;. The van der Waals surface area contributed by atoms with Crippen LogP contribution >= 0.6 is 0 Å². The predicted octanol–water partition coefficient (Wildman–Crippen LogP) is 9.04. The molecule has 0 bridgehead atoms. The summed E-state index contributed by atoms with van der Waals surface area (Å²) in [7, 11) is 0. The molecule has 0 unspecified atom stereocenters. The number of benzene rings is 4. The van der Waals surface area contributed by atoms with Crippen LogP contribution in [0, 0.1) is 41.8 Å². The van der Waals surface area contributed by atoms with Crippen LogP contribution in [-0.4, -0.2) is 15.8 Å². The Morgan fingerprint density at radius 2 is 1.00 bits per heavy atom. The van der Waals surface area contributed by atoms with Crippen LogP contribution in [0.15, 0.2) is 133 Å². The number of ketones is 1. The van der Waals surface area contributed by atoms with E-state index < -0.39 is 0 Å². The fourth-order valence-electron chi connectivity index (χ4n) is 4.04. The van der Waals surface area contributed by atoms with Crippen LogP contribution in [0.25, 0.3) is 44.1 Å². The first-order valence-corrected chi connectivity index (χ1v) is 12.5. The molecule has 5 heteroatoms. The summed E-state index contributed by atoms with van der Waals surface area (Å²) < 4.78 is 0. The summed E-state index contributed by atoms with van der Waals surface area (Å²) in [5.41, 5.74) is 4.08. The van der Waals surface area contributed by atoms with E-state index in [9.17, 15) is 9.90 Å². The van der Waals surface area contributed by atoms with Crippen molar-refractivity contribution in [3.63, 3.8) is 0 Å².